The van der Waals surface area contributed by atoms with Gasteiger partial charge in [-0.3, -0.25) is 14.6 Å². The number of fused-ring (bicyclic) bond motifs is 2. The molecule has 0 spiro atoms. The van der Waals surface area contributed by atoms with Crippen molar-refractivity contribution in [1.29, 1.82) is 0 Å². The number of ketones is 2. The van der Waals surface area contributed by atoms with Crippen molar-refractivity contribution >= 4 is 17.6 Å². The molecule has 0 aliphatic heterocycles. The van der Waals surface area contributed by atoms with E-state index < -0.39 is 0 Å². The van der Waals surface area contributed by atoms with Crippen LogP contribution in [0, 0.1) is 0 Å². The number of hydrogen-bond acceptors (Lipinski definition) is 3. The van der Waals surface area contributed by atoms with Crippen molar-refractivity contribution in [2.75, 3.05) is 0 Å². The van der Waals surface area contributed by atoms with Gasteiger partial charge in [-0.1, -0.05) is 6.08 Å². The number of aromatic nitrogens is 1. The van der Waals surface area contributed by atoms with Gasteiger partial charge in [-0.05, 0) is 25.0 Å². The van der Waals surface area contributed by atoms with Gasteiger partial charge in [-0.15, -0.1) is 0 Å². The molecule has 1 aromatic rings. The second-order valence-corrected chi connectivity index (χ2v) is 4.22. The highest BCUT2D eigenvalue weighted by atomic mass is 16.1. The summed E-state index contributed by atoms with van der Waals surface area (Å²) in [7, 11) is 0. The lowest BCUT2D eigenvalue weighted by Gasteiger charge is -2.17. The minimum Gasteiger partial charge on any atom is -0.294 e. The number of carbonyl (C=O) groups is 2. The lowest BCUT2D eigenvalue weighted by molar-refractivity contribution is 0.0971. The first kappa shape index (κ1) is 9.46. The Bertz CT molecular complexity index is 529. The number of allylic oxidation sites excluding steroid dienone is 1. The molecule has 3 heteroatoms. The van der Waals surface area contributed by atoms with Crippen molar-refractivity contribution in [1.82, 2.24) is 4.98 Å². The molecule has 0 aromatic carbocycles. The van der Waals surface area contributed by atoms with Crippen LogP contribution in [0.25, 0.3) is 6.08 Å². The maximum Gasteiger partial charge on any atom is 0.168 e. The average Bonchev–Trinajstić information content (AvgIpc) is 2.28. The molecule has 0 saturated heterocycles. The number of rotatable bonds is 0. The zero-order chi connectivity index (χ0) is 11.1. The first-order valence-electron chi connectivity index (χ1n) is 5.52. The van der Waals surface area contributed by atoms with Crippen molar-refractivity contribution < 1.29 is 9.59 Å². The zero-order valence-corrected chi connectivity index (χ0v) is 8.82. The van der Waals surface area contributed by atoms with Crippen LogP contribution in [0.3, 0.4) is 0 Å². The maximum atomic E-state index is 11.7. The van der Waals surface area contributed by atoms with E-state index in [2.05, 4.69) is 4.98 Å². The van der Waals surface area contributed by atoms with Crippen molar-refractivity contribution in [3.05, 3.63) is 34.7 Å². The topological polar surface area (TPSA) is 47.0 Å². The second-order valence-electron chi connectivity index (χ2n) is 4.22. The molecular weight excluding hydrogens is 202 g/mol. The molecule has 0 saturated carbocycles. The molecule has 2 aliphatic rings. The van der Waals surface area contributed by atoms with Crippen molar-refractivity contribution in [3.8, 4) is 0 Å². The van der Waals surface area contributed by atoms with Crippen LogP contribution in [0.15, 0.2) is 12.1 Å². The summed E-state index contributed by atoms with van der Waals surface area (Å²) in [6, 6.07) is 1.74. The third-order valence-electron chi connectivity index (χ3n) is 3.13. The molecule has 0 atom stereocenters. The molecular formula is C13H11NO2. The Kier molecular flexibility index (Phi) is 1.99. The summed E-state index contributed by atoms with van der Waals surface area (Å²) in [4.78, 5) is 27.8. The minimum atomic E-state index is 0.0613. The Morgan fingerprint density at radius 2 is 1.94 bits per heavy atom. The van der Waals surface area contributed by atoms with Crippen molar-refractivity contribution in [3.63, 3.8) is 0 Å². The van der Waals surface area contributed by atoms with Crippen LogP contribution in [0.5, 0.6) is 0 Å². The predicted octanol–water partition coefficient (Wildman–Crippen LogP) is 2.20. The summed E-state index contributed by atoms with van der Waals surface area (Å²) in [5.74, 6) is 0.185. The highest BCUT2D eigenvalue weighted by Crippen LogP contribution is 2.25. The van der Waals surface area contributed by atoms with Gasteiger partial charge in [0.1, 0.15) is 0 Å². The molecule has 1 heterocycles. The molecule has 0 amide bonds. The van der Waals surface area contributed by atoms with E-state index in [1.54, 1.807) is 6.07 Å². The van der Waals surface area contributed by atoms with E-state index in [1.165, 1.54) is 0 Å². The largest absolute Gasteiger partial charge is 0.294 e. The van der Waals surface area contributed by atoms with Gasteiger partial charge >= 0.3 is 0 Å². The first-order chi connectivity index (χ1) is 7.75. The van der Waals surface area contributed by atoms with Crippen molar-refractivity contribution in [2.24, 2.45) is 0 Å². The zero-order valence-electron chi connectivity index (χ0n) is 8.82. The van der Waals surface area contributed by atoms with Gasteiger partial charge in [-0.25, -0.2) is 0 Å². The Morgan fingerprint density at radius 1 is 1.06 bits per heavy atom. The Morgan fingerprint density at radius 3 is 2.81 bits per heavy atom. The van der Waals surface area contributed by atoms with E-state index in [9.17, 15) is 9.59 Å². The van der Waals surface area contributed by atoms with Crippen LogP contribution in [-0.2, 0) is 6.42 Å². The van der Waals surface area contributed by atoms with Crippen LogP contribution >= 0.6 is 0 Å². The summed E-state index contributed by atoms with van der Waals surface area (Å²) in [5.41, 5.74) is 2.85. The Balaban J connectivity index is 2.23. The highest BCUT2D eigenvalue weighted by Gasteiger charge is 2.23. The lowest BCUT2D eigenvalue weighted by atomic mass is 9.90. The number of pyridine rings is 1. The third-order valence-corrected chi connectivity index (χ3v) is 3.13. The van der Waals surface area contributed by atoms with Gasteiger partial charge < -0.3 is 0 Å². The summed E-state index contributed by atoms with van der Waals surface area (Å²) in [6.07, 6.45) is 6.41. The number of aryl methyl sites for hydroxylation is 1. The summed E-state index contributed by atoms with van der Waals surface area (Å²) < 4.78 is 0. The minimum absolute atomic E-state index is 0.0613. The Hall–Kier alpha value is -1.77. The van der Waals surface area contributed by atoms with E-state index in [-0.39, 0.29) is 11.6 Å². The molecule has 0 radical (unpaired) electrons. The van der Waals surface area contributed by atoms with Gasteiger partial charge in [0.2, 0.25) is 0 Å². The van der Waals surface area contributed by atoms with Crippen LogP contribution in [0.1, 0.15) is 51.4 Å². The monoisotopic (exact) mass is 213 g/mol. The van der Waals surface area contributed by atoms with Gasteiger partial charge in [0.25, 0.3) is 0 Å². The standard InChI is InChI=1S/C13H11NO2/c15-12-5-1-3-10-8(12)7-9-11(14-10)4-2-6-13(9)16/h1,3,7H,2,4-6H2. The molecule has 16 heavy (non-hydrogen) atoms. The highest BCUT2D eigenvalue weighted by molar-refractivity contribution is 6.05. The third kappa shape index (κ3) is 1.32. The maximum absolute atomic E-state index is 11.7. The number of carbonyl (C=O) groups excluding carboxylic acids is 2. The number of hydrogen-bond donors (Lipinski definition) is 0. The first-order valence-corrected chi connectivity index (χ1v) is 5.52. The Labute approximate surface area is 93.2 Å². The van der Waals surface area contributed by atoms with E-state index >= 15 is 0 Å². The van der Waals surface area contributed by atoms with Crippen LogP contribution in [-0.4, -0.2) is 16.6 Å². The van der Waals surface area contributed by atoms with Crippen LogP contribution < -0.4 is 0 Å². The molecule has 0 bridgehead atoms. The molecule has 3 rings (SSSR count). The van der Waals surface area contributed by atoms with E-state index in [4.69, 9.17) is 0 Å². The fraction of sp³-hybridized carbons (Fsp3) is 0.308. The van der Waals surface area contributed by atoms with Gasteiger partial charge in [0.05, 0.1) is 11.4 Å². The number of nitrogens with zero attached hydrogens (tertiary/aromatic N) is 1. The average molecular weight is 213 g/mol. The van der Waals surface area contributed by atoms with E-state index in [1.807, 2.05) is 12.2 Å². The molecule has 80 valence electrons. The molecule has 1 aromatic heterocycles. The summed E-state index contributed by atoms with van der Waals surface area (Å²) in [6.45, 7) is 0. The summed E-state index contributed by atoms with van der Waals surface area (Å²) >= 11 is 0. The predicted molar refractivity (Wildman–Crippen MR) is 59.5 cm³/mol. The summed E-state index contributed by atoms with van der Waals surface area (Å²) in [5, 5.41) is 0. The van der Waals surface area contributed by atoms with Crippen LogP contribution in [0.2, 0.25) is 0 Å². The lowest BCUT2D eigenvalue weighted by Crippen LogP contribution is -2.17. The van der Waals surface area contributed by atoms with E-state index in [0.717, 1.165) is 24.2 Å². The molecule has 0 fully saturated rings. The van der Waals surface area contributed by atoms with Gasteiger partial charge in [0, 0.05) is 24.0 Å². The van der Waals surface area contributed by atoms with Crippen molar-refractivity contribution in [2.45, 2.75) is 25.7 Å². The second kappa shape index (κ2) is 3.37. The fourth-order valence-corrected chi connectivity index (χ4v) is 2.29. The fourth-order valence-electron chi connectivity index (χ4n) is 2.29. The molecule has 2 aliphatic carbocycles. The molecule has 3 nitrogen and oxygen atoms in total. The van der Waals surface area contributed by atoms with Gasteiger partial charge in [-0.2, -0.15) is 0 Å². The molecule has 0 N–H and O–H groups in total. The quantitative estimate of drug-likeness (QED) is 0.663. The molecule has 0 unspecified atom stereocenters. The van der Waals surface area contributed by atoms with E-state index in [0.29, 0.717) is 24.0 Å². The smallest absolute Gasteiger partial charge is 0.168 e. The SMILES string of the molecule is O=C1CC=Cc2nc3c(cc21)C(=O)CCC3. The number of Topliss-reactive ketones (excluding diaryl/α,β-unsaturated/α-hetero) is 2. The van der Waals surface area contributed by atoms with Crippen LogP contribution in [0.4, 0.5) is 0 Å². The normalized spacial score (nSPS) is 18.2. The van der Waals surface area contributed by atoms with Gasteiger partial charge in [0.15, 0.2) is 11.6 Å².